The zero-order valence-electron chi connectivity index (χ0n) is 19.0. The Morgan fingerprint density at radius 1 is 1.11 bits per heavy atom. The summed E-state index contributed by atoms with van der Waals surface area (Å²) >= 11 is 0. The molecule has 0 radical (unpaired) electrons. The van der Waals surface area contributed by atoms with Crippen molar-refractivity contribution in [1.82, 2.24) is 25.2 Å². The number of carbonyl (C=O) groups is 3. The molecule has 1 unspecified atom stereocenters. The van der Waals surface area contributed by atoms with E-state index in [1.807, 2.05) is 0 Å². The molecule has 3 aromatic rings. The topological polar surface area (TPSA) is 106 Å². The molecule has 2 aromatic carbocycles. The van der Waals surface area contributed by atoms with Crippen LogP contribution in [0.4, 0.5) is 13.2 Å². The summed E-state index contributed by atoms with van der Waals surface area (Å²) in [5.41, 5.74) is -0.0732. The van der Waals surface area contributed by atoms with E-state index >= 15 is 0 Å². The van der Waals surface area contributed by atoms with Gasteiger partial charge in [0.2, 0.25) is 5.91 Å². The lowest BCUT2D eigenvalue weighted by atomic mass is 9.89. The molecular weight excluding hydrogens is 479 g/mol. The van der Waals surface area contributed by atoms with Crippen molar-refractivity contribution in [3.63, 3.8) is 0 Å². The van der Waals surface area contributed by atoms with E-state index in [0.29, 0.717) is 28.3 Å². The summed E-state index contributed by atoms with van der Waals surface area (Å²) in [5.74, 6) is -0.767. The number of ether oxygens (including phenoxy) is 1. The smallest absolute Gasteiger partial charge is 0.416 e. The van der Waals surface area contributed by atoms with Crippen molar-refractivity contribution in [2.24, 2.45) is 0 Å². The Hall–Kier alpha value is -4.22. The van der Waals surface area contributed by atoms with Gasteiger partial charge in [-0.25, -0.2) is 4.68 Å². The van der Waals surface area contributed by atoms with Gasteiger partial charge in [-0.3, -0.25) is 19.7 Å². The van der Waals surface area contributed by atoms with Crippen LogP contribution in [0.5, 0.6) is 5.75 Å². The third-order valence-corrected chi connectivity index (χ3v) is 6.48. The average molecular weight is 499 g/mol. The number of amides is 3. The summed E-state index contributed by atoms with van der Waals surface area (Å²) < 4.78 is 45.6. The van der Waals surface area contributed by atoms with Crippen molar-refractivity contribution >= 4 is 17.7 Å². The maximum absolute atomic E-state index is 13.1. The molecule has 1 atom stereocenters. The molecule has 2 aliphatic heterocycles. The highest BCUT2D eigenvalue weighted by Gasteiger charge is 2.49. The molecule has 2 aliphatic rings. The van der Waals surface area contributed by atoms with E-state index in [2.05, 4.69) is 15.6 Å². The monoisotopic (exact) mass is 499 g/mol. The van der Waals surface area contributed by atoms with Gasteiger partial charge in [-0.05, 0) is 49.7 Å². The molecule has 3 heterocycles. The Balaban J connectivity index is 1.30. The number of fused-ring (bicyclic) bond motifs is 1. The van der Waals surface area contributed by atoms with Crippen molar-refractivity contribution in [1.29, 1.82) is 0 Å². The maximum atomic E-state index is 13.1. The summed E-state index contributed by atoms with van der Waals surface area (Å²) in [6.07, 6.45) is -2.53. The molecule has 12 heteroatoms. The van der Waals surface area contributed by atoms with Crippen LogP contribution in [-0.4, -0.2) is 43.2 Å². The molecule has 0 spiro atoms. The van der Waals surface area contributed by atoms with Crippen LogP contribution in [-0.2, 0) is 28.9 Å². The Morgan fingerprint density at radius 2 is 1.86 bits per heavy atom. The Bertz CT molecular complexity index is 1370. The predicted octanol–water partition coefficient (Wildman–Crippen LogP) is 3.02. The molecular formula is C24H20F3N5O4. The van der Waals surface area contributed by atoms with E-state index in [1.54, 1.807) is 25.1 Å². The first kappa shape index (κ1) is 23.5. The molecule has 9 nitrogen and oxygen atoms in total. The molecule has 0 aliphatic carbocycles. The minimum Gasteiger partial charge on any atom is -0.487 e. The van der Waals surface area contributed by atoms with E-state index in [-0.39, 0.29) is 37.8 Å². The van der Waals surface area contributed by atoms with E-state index in [9.17, 15) is 27.6 Å². The molecule has 1 fully saturated rings. The first-order valence-electron chi connectivity index (χ1n) is 11.1. The lowest BCUT2D eigenvalue weighted by molar-refractivity contribution is -0.142. The normalized spacial score (nSPS) is 19.9. The van der Waals surface area contributed by atoms with E-state index in [0.717, 1.165) is 12.1 Å². The number of imide groups is 1. The maximum Gasteiger partial charge on any atom is 0.416 e. The fourth-order valence-electron chi connectivity index (χ4n) is 4.34. The summed E-state index contributed by atoms with van der Waals surface area (Å²) in [6.45, 7) is 1.77. The highest BCUT2D eigenvalue weighted by Crippen LogP contribution is 2.38. The van der Waals surface area contributed by atoms with Gasteiger partial charge in [0, 0.05) is 17.5 Å². The molecule has 186 valence electrons. The van der Waals surface area contributed by atoms with Gasteiger partial charge in [-0.15, -0.1) is 5.10 Å². The minimum atomic E-state index is -4.43. The molecule has 0 saturated carbocycles. The summed E-state index contributed by atoms with van der Waals surface area (Å²) in [5, 5.41) is 10.3. The number of nitrogens with one attached hydrogen (secondary N) is 1. The lowest BCUT2D eigenvalue weighted by Crippen LogP contribution is -2.61. The third-order valence-electron chi connectivity index (χ3n) is 6.48. The van der Waals surface area contributed by atoms with Gasteiger partial charge in [0.15, 0.2) is 0 Å². The van der Waals surface area contributed by atoms with Crippen LogP contribution in [0.1, 0.15) is 46.9 Å². The van der Waals surface area contributed by atoms with Crippen molar-refractivity contribution in [2.75, 3.05) is 0 Å². The van der Waals surface area contributed by atoms with Gasteiger partial charge >= 0.3 is 6.18 Å². The number of nitrogens with zero attached hydrogens (tertiary/aromatic N) is 4. The standard InChI is InChI=1S/C24H20F3N5O4/c1-23(10-9-20(33)28-22(23)35)31-12-18-17(21(31)34)3-2-4-19(18)36-13-15-11-32(30-29-15)16-7-5-14(6-8-16)24(25,26)27/h2-8,11H,9-10,12-13H2,1H3,(H,28,33,35). The number of rotatable bonds is 5. The summed E-state index contributed by atoms with van der Waals surface area (Å²) in [4.78, 5) is 38.7. The van der Waals surface area contributed by atoms with Crippen LogP contribution < -0.4 is 10.1 Å². The van der Waals surface area contributed by atoms with Gasteiger partial charge in [0.25, 0.3) is 11.8 Å². The second kappa shape index (κ2) is 8.47. The second-order valence-corrected chi connectivity index (χ2v) is 8.81. The molecule has 36 heavy (non-hydrogen) atoms. The lowest BCUT2D eigenvalue weighted by Gasteiger charge is -2.39. The fraction of sp³-hybridized carbons (Fsp3) is 0.292. The van der Waals surface area contributed by atoms with E-state index in [1.165, 1.54) is 27.9 Å². The van der Waals surface area contributed by atoms with Gasteiger partial charge in [0.05, 0.1) is 24.0 Å². The van der Waals surface area contributed by atoms with Crippen LogP contribution in [0.25, 0.3) is 5.69 Å². The molecule has 0 bridgehead atoms. The van der Waals surface area contributed by atoms with Crippen LogP contribution in [0.2, 0.25) is 0 Å². The number of hydrogen-bond donors (Lipinski definition) is 1. The number of benzene rings is 2. The van der Waals surface area contributed by atoms with Gasteiger partial charge in [0.1, 0.15) is 23.6 Å². The number of carbonyl (C=O) groups excluding carboxylic acids is 3. The fourth-order valence-corrected chi connectivity index (χ4v) is 4.34. The van der Waals surface area contributed by atoms with Crippen molar-refractivity contribution in [3.8, 4) is 11.4 Å². The minimum absolute atomic E-state index is 0.00245. The zero-order valence-corrected chi connectivity index (χ0v) is 19.0. The van der Waals surface area contributed by atoms with Gasteiger partial charge in [-0.2, -0.15) is 13.2 Å². The average Bonchev–Trinajstić information content (AvgIpc) is 3.45. The second-order valence-electron chi connectivity index (χ2n) is 8.81. The van der Waals surface area contributed by atoms with Crippen LogP contribution in [0.3, 0.4) is 0 Å². The van der Waals surface area contributed by atoms with E-state index < -0.39 is 23.2 Å². The number of piperidine rings is 1. The zero-order chi connectivity index (χ0) is 25.7. The quantitative estimate of drug-likeness (QED) is 0.541. The summed E-state index contributed by atoms with van der Waals surface area (Å²) in [7, 11) is 0. The number of alkyl halides is 3. The Labute approximate surface area is 202 Å². The molecule has 5 rings (SSSR count). The number of aromatic nitrogens is 3. The van der Waals surface area contributed by atoms with Gasteiger partial charge in [-0.1, -0.05) is 11.3 Å². The van der Waals surface area contributed by atoms with Crippen LogP contribution in [0, 0.1) is 0 Å². The van der Waals surface area contributed by atoms with Crippen molar-refractivity contribution < 1.29 is 32.3 Å². The highest BCUT2D eigenvalue weighted by molar-refractivity contribution is 6.07. The molecule has 1 saturated heterocycles. The molecule has 1 aromatic heterocycles. The SMILES string of the molecule is CC1(N2Cc3c(OCc4cn(-c5ccc(C(F)(F)F)cc5)nn4)cccc3C2=O)CCC(=O)NC1=O. The first-order chi connectivity index (χ1) is 17.1. The van der Waals surface area contributed by atoms with Crippen LogP contribution in [0.15, 0.2) is 48.7 Å². The third kappa shape index (κ3) is 4.08. The molecule has 3 amide bonds. The van der Waals surface area contributed by atoms with Crippen LogP contribution >= 0.6 is 0 Å². The van der Waals surface area contributed by atoms with Gasteiger partial charge < -0.3 is 9.64 Å². The number of hydrogen-bond acceptors (Lipinski definition) is 6. The van der Waals surface area contributed by atoms with E-state index in [4.69, 9.17) is 4.74 Å². The Kier molecular flexibility index (Phi) is 5.53. The largest absolute Gasteiger partial charge is 0.487 e. The molecule has 1 N–H and O–H groups in total. The predicted molar refractivity (Wildman–Crippen MR) is 118 cm³/mol. The number of halogens is 3. The summed E-state index contributed by atoms with van der Waals surface area (Å²) in [6, 6.07) is 9.53. The highest BCUT2D eigenvalue weighted by atomic mass is 19.4. The van der Waals surface area contributed by atoms with Crippen molar-refractivity contribution in [2.45, 2.75) is 44.6 Å². The Morgan fingerprint density at radius 3 is 2.56 bits per heavy atom. The van der Waals surface area contributed by atoms with Crippen molar-refractivity contribution in [3.05, 3.63) is 71.0 Å². The first-order valence-corrected chi connectivity index (χ1v) is 11.1.